The Bertz CT molecular complexity index is 1150. The lowest BCUT2D eigenvalue weighted by Gasteiger charge is -2.21. The van der Waals surface area contributed by atoms with Gasteiger partial charge in [-0.2, -0.15) is 0 Å². The highest BCUT2D eigenvalue weighted by atomic mass is 15.3. The molecule has 2 heterocycles. The van der Waals surface area contributed by atoms with Gasteiger partial charge < -0.3 is 11.1 Å². The van der Waals surface area contributed by atoms with Gasteiger partial charge in [-0.1, -0.05) is 66.7 Å². The van der Waals surface area contributed by atoms with Gasteiger partial charge in [0.25, 0.3) is 0 Å². The molecule has 0 bridgehead atoms. The van der Waals surface area contributed by atoms with Crippen LogP contribution in [-0.2, 0) is 0 Å². The average Bonchev–Trinajstić information content (AvgIpc) is 3.36. The van der Waals surface area contributed by atoms with Gasteiger partial charge in [-0.15, -0.1) is 5.10 Å². The van der Waals surface area contributed by atoms with Gasteiger partial charge in [0.05, 0.1) is 0 Å². The molecule has 0 saturated carbocycles. The molecule has 1 aliphatic rings. The van der Waals surface area contributed by atoms with Crippen LogP contribution in [0.15, 0.2) is 60.7 Å². The van der Waals surface area contributed by atoms with E-state index in [1.807, 2.05) is 12.1 Å². The molecule has 5 rings (SSSR count). The lowest BCUT2D eigenvalue weighted by Crippen LogP contribution is -2.22. The van der Waals surface area contributed by atoms with Crippen LogP contribution < -0.4 is 11.1 Å². The van der Waals surface area contributed by atoms with Crippen molar-refractivity contribution < 1.29 is 0 Å². The third-order valence-corrected chi connectivity index (χ3v) is 6.24. The van der Waals surface area contributed by atoms with Gasteiger partial charge in [0, 0.05) is 12.0 Å². The lowest BCUT2D eigenvalue weighted by atomic mass is 9.88. The van der Waals surface area contributed by atoms with Gasteiger partial charge in [-0.3, -0.25) is 0 Å². The molecule has 6 heteroatoms. The molecule has 1 aliphatic carbocycles. The summed E-state index contributed by atoms with van der Waals surface area (Å²) in [5.41, 5.74) is 12.7. The van der Waals surface area contributed by atoms with Crippen molar-refractivity contribution in [2.45, 2.75) is 37.6 Å². The van der Waals surface area contributed by atoms with Crippen LogP contribution in [0, 0.1) is 0 Å². The second-order valence-corrected chi connectivity index (χ2v) is 8.17. The SMILES string of the molecule is CC1C[C@H](NCCC(c2ccccc2)c2cc(N)nc3[nH]nnc23)c2ccccc21. The molecule has 2 aromatic heterocycles. The number of nitrogens with two attached hydrogens (primary N) is 1. The van der Waals surface area contributed by atoms with Gasteiger partial charge in [-0.25, -0.2) is 10.1 Å². The lowest BCUT2D eigenvalue weighted by molar-refractivity contribution is 0.489. The van der Waals surface area contributed by atoms with Crippen molar-refractivity contribution in [2.75, 3.05) is 12.3 Å². The van der Waals surface area contributed by atoms with Crippen LogP contribution in [0.3, 0.4) is 0 Å². The van der Waals surface area contributed by atoms with Gasteiger partial charge in [0.2, 0.25) is 0 Å². The quantitative estimate of drug-likeness (QED) is 0.450. The normalized spacial score (nSPS) is 19.1. The number of hydrogen-bond acceptors (Lipinski definition) is 5. The molecule has 0 spiro atoms. The van der Waals surface area contributed by atoms with Crippen LogP contribution in [0.25, 0.3) is 11.2 Å². The first-order chi connectivity index (χ1) is 14.7. The molecule has 4 N–H and O–H groups in total. The summed E-state index contributed by atoms with van der Waals surface area (Å²) in [6.45, 7) is 3.21. The van der Waals surface area contributed by atoms with E-state index in [0.717, 1.165) is 30.5 Å². The number of nitrogen functional groups attached to an aromatic ring is 1. The monoisotopic (exact) mass is 398 g/mol. The van der Waals surface area contributed by atoms with Crippen LogP contribution in [0.2, 0.25) is 0 Å². The molecule has 0 amide bonds. The number of nitrogens with zero attached hydrogens (tertiary/aromatic N) is 3. The van der Waals surface area contributed by atoms with Gasteiger partial charge in [0.15, 0.2) is 5.65 Å². The Kier molecular flexibility index (Phi) is 4.93. The van der Waals surface area contributed by atoms with Gasteiger partial charge in [-0.05, 0) is 53.6 Å². The van der Waals surface area contributed by atoms with Crippen molar-refractivity contribution in [3.63, 3.8) is 0 Å². The number of hydrogen-bond donors (Lipinski definition) is 3. The molecule has 0 saturated heterocycles. The Labute approximate surface area is 175 Å². The topological polar surface area (TPSA) is 92.5 Å². The minimum Gasteiger partial charge on any atom is -0.384 e. The highest BCUT2D eigenvalue weighted by molar-refractivity contribution is 5.77. The van der Waals surface area contributed by atoms with E-state index in [2.05, 4.69) is 81.2 Å². The van der Waals surface area contributed by atoms with Crippen LogP contribution >= 0.6 is 0 Å². The highest BCUT2D eigenvalue weighted by Crippen LogP contribution is 2.40. The number of H-pyrrole nitrogens is 1. The zero-order valence-electron chi connectivity index (χ0n) is 17.0. The number of benzene rings is 2. The molecule has 30 heavy (non-hydrogen) atoms. The van der Waals surface area contributed by atoms with Crippen molar-refractivity contribution in [2.24, 2.45) is 0 Å². The Morgan fingerprint density at radius 1 is 1.10 bits per heavy atom. The summed E-state index contributed by atoms with van der Waals surface area (Å²) in [7, 11) is 0. The van der Waals surface area contributed by atoms with E-state index in [-0.39, 0.29) is 5.92 Å². The predicted octanol–water partition coefficient (Wildman–Crippen LogP) is 4.30. The molecule has 2 aromatic carbocycles. The van der Waals surface area contributed by atoms with Crippen LogP contribution in [0.1, 0.15) is 59.9 Å². The molecule has 152 valence electrons. The van der Waals surface area contributed by atoms with Gasteiger partial charge >= 0.3 is 0 Å². The maximum absolute atomic E-state index is 6.09. The first-order valence-electron chi connectivity index (χ1n) is 10.5. The van der Waals surface area contributed by atoms with E-state index in [0.29, 0.717) is 23.4 Å². The standard InChI is InChI=1S/C24H26N6/c1-15-13-21(19-10-6-5-9-17(15)19)26-12-11-18(16-7-3-2-4-8-16)20-14-22(25)27-24-23(20)28-30-29-24/h2-10,14-15,18,21,26H,11-13H2,1H3,(H3,25,27,28,29,30)/t15?,18?,21-/m0/s1. The fraction of sp³-hybridized carbons (Fsp3) is 0.292. The number of aromatic amines is 1. The van der Waals surface area contributed by atoms with E-state index in [1.54, 1.807) is 0 Å². The summed E-state index contributed by atoms with van der Waals surface area (Å²) in [4.78, 5) is 4.33. The van der Waals surface area contributed by atoms with E-state index in [9.17, 15) is 0 Å². The molecule has 3 atom stereocenters. The Morgan fingerprint density at radius 2 is 1.87 bits per heavy atom. The summed E-state index contributed by atoms with van der Waals surface area (Å²) in [5.74, 6) is 1.24. The minimum absolute atomic E-state index is 0.158. The summed E-state index contributed by atoms with van der Waals surface area (Å²) < 4.78 is 0. The van der Waals surface area contributed by atoms with Crippen LogP contribution in [0.5, 0.6) is 0 Å². The minimum atomic E-state index is 0.158. The number of anilines is 1. The van der Waals surface area contributed by atoms with Crippen LogP contribution in [0.4, 0.5) is 5.82 Å². The molecule has 0 radical (unpaired) electrons. The summed E-state index contributed by atoms with van der Waals surface area (Å²) in [5, 5.41) is 14.9. The number of fused-ring (bicyclic) bond motifs is 2. The number of pyridine rings is 1. The van der Waals surface area contributed by atoms with Crippen molar-refractivity contribution in [3.8, 4) is 0 Å². The summed E-state index contributed by atoms with van der Waals surface area (Å²) in [6, 6.07) is 21.7. The fourth-order valence-electron chi connectivity index (χ4n) is 4.82. The number of rotatable bonds is 6. The number of aromatic nitrogens is 4. The smallest absolute Gasteiger partial charge is 0.178 e. The molecular weight excluding hydrogens is 372 g/mol. The zero-order chi connectivity index (χ0) is 20.5. The largest absolute Gasteiger partial charge is 0.384 e. The molecule has 0 aliphatic heterocycles. The summed E-state index contributed by atoms with van der Waals surface area (Å²) in [6.07, 6.45) is 2.08. The first-order valence-corrected chi connectivity index (χ1v) is 10.5. The Morgan fingerprint density at radius 3 is 2.70 bits per heavy atom. The van der Waals surface area contributed by atoms with Crippen molar-refractivity contribution in [1.82, 2.24) is 25.7 Å². The zero-order valence-corrected chi connectivity index (χ0v) is 17.0. The first kappa shape index (κ1) is 18.8. The third kappa shape index (κ3) is 3.44. The second-order valence-electron chi connectivity index (χ2n) is 8.17. The second kappa shape index (κ2) is 7.88. The van der Waals surface area contributed by atoms with Gasteiger partial charge in [0.1, 0.15) is 11.3 Å². The fourth-order valence-corrected chi connectivity index (χ4v) is 4.82. The van der Waals surface area contributed by atoms with E-state index >= 15 is 0 Å². The van der Waals surface area contributed by atoms with Crippen molar-refractivity contribution in [3.05, 3.63) is 82.9 Å². The number of nitrogens with one attached hydrogen (secondary N) is 2. The maximum Gasteiger partial charge on any atom is 0.178 e. The predicted molar refractivity (Wildman–Crippen MR) is 119 cm³/mol. The van der Waals surface area contributed by atoms with Crippen LogP contribution in [-0.4, -0.2) is 26.9 Å². The molecule has 4 aromatic rings. The maximum atomic E-state index is 6.09. The van der Waals surface area contributed by atoms with Crippen molar-refractivity contribution in [1.29, 1.82) is 0 Å². The molecule has 0 fully saturated rings. The third-order valence-electron chi connectivity index (χ3n) is 6.24. The molecular formula is C24H26N6. The average molecular weight is 399 g/mol. The molecule has 6 nitrogen and oxygen atoms in total. The molecule has 2 unspecified atom stereocenters. The van der Waals surface area contributed by atoms with E-state index < -0.39 is 0 Å². The van der Waals surface area contributed by atoms with Crippen molar-refractivity contribution >= 4 is 17.0 Å². The summed E-state index contributed by atoms with van der Waals surface area (Å²) >= 11 is 0. The Balaban J connectivity index is 1.41. The Hall–Kier alpha value is -3.25. The highest BCUT2D eigenvalue weighted by Gasteiger charge is 2.28. The van der Waals surface area contributed by atoms with E-state index in [4.69, 9.17) is 5.73 Å². The van der Waals surface area contributed by atoms with E-state index in [1.165, 1.54) is 16.7 Å².